The average Bonchev–Trinajstić information content (AvgIpc) is 2.78. The minimum absolute atomic E-state index is 0.269. The van der Waals surface area contributed by atoms with Crippen molar-refractivity contribution in [1.29, 1.82) is 0 Å². The molecular weight excluding hydrogens is 224 g/mol. The van der Waals surface area contributed by atoms with Gasteiger partial charge in [0.05, 0.1) is 18.8 Å². The van der Waals surface area contributed by atoms with Gasteiger partial charge in [-0.25, -0.2) is 0 Å². The van der Waals surface area contributed by atoms with Crippen molar-refractivity contribution >= 4 is 11.9 Å². The van der Waals surface area contributed by atoms with E-state index in [-0.39, 0.29) is 5.91 Å². The van der Waals surface area contributed by atoms with Crippen molar-refractivity contribution < 1.29 is 19.1 Å². The lowest BCUT2D eigenvalue weighted by Crippen LogP contribution is -2.48. The molecule has 0 saturated carbocycles. The molecule has 0 saturated heterocycles. The van der Waals surface area contributed by atoms with Crippen LogP contribution in [0.25, 0.3) is 0 Å². The summed E-state index contributed by atoms with van der Waals surface area (Å²) in [5.41, 5.74) is 0. The minimum atomic E-state index is -0.990. The van der Waals surface area contributed by atoms with Crippen molar-refractivity contribution in [3.05, 3.63) is 24.2 Å². The maximum absolute atomic E-state index is 11.6. The predicted molar refractivity (Wildman–Crippen MR) is 60.3 cm³/mol. The first kappa shape index (κ1) is 13.2. The molecule has 2 atom stereocenters. The summed E-state index contributed by atoms with van der Waals surface area (Å²) in [4.78, 5) is 22.2. The average molecular weight is 240 g/mol. The third kappa shape index (κ3) is 4.28. The lowest BCUT2D eigenvalue weighted by atomic mass is 10.2. The van der Waals surface area contributed by atoms with Gasteiger partial charge in [-0.1, -0.05) is 0 Å². The lowest BCUT2D eigenvalue weighted by Gasteiger charge is -2.16. The first-order valence-corrected chi connectivity index (χ1v) is 5.29. The molecular formula is C11H16N2O4. The first-order valence-electron chi connectivity index (χ1n) is 5.29. The molecule has 2 unspecified atom stereocenters. The van der Waals surface area contributed by atoms with Gasteiger partial charge in [0.1, 0.15) is 11.8 Å². The summed E-state index contributed by atoms with van der Waals surface area (Å²) in [6, 6.07) is 2.14. The normalized spacial score (nSPS) is 14.0. The first-order chi connectivity index (χ1) is 8.00. The quantitative estimate of drug-likeness (QED) is 0.667. The van der Waals surface area contributed by atoms with E-state index >= 15 is 0 Å². The number of rotatable bonds is 6. The van der Waals surface area contributed by atoms with Gasteiger partial charge in [-0.05, 0) is 26.0 Å². The number of furan rings is 1. The maximum atomic E-state index is 11.6. The van der Waals surface area contributed by atoms with Crippen LogP contribution in [0.3, 0.4) is 0 Å². The van der Waals surface area contributed by atoms with Gasteiger partial charge < -0.3 is 14.8 Å². The summed E-state index contributed by atoms with van der Waals surface area (Å²) in [6.45, 7) is 3.38. The summed E-state index contributed by atoms with van der Waals surface area (Å²) in [6.07, 6.45) is 1.52. The van der Waals surface area contributed by atoms with E-state index in [1.165, 1.54) is 13.2 Å². The Balaban J connectivity index is 2.34. The Bertz CT molecular complexity index is 375. The molecule has 0 aliphatic heterocycles. The Morgan fingerprint density at radius 2 is 2.12 bits per heavy atom. The molecule has 94 valence electrons. The number of carboxylic acids is 1. The summed E-state index contributed by atoms with van der Waals surface area (Å²) < 4.78 is 5.05. The highest BCUT2D eigenvalue weighted by molar-refractivity contribution is 5.82. The molecule has 0 radical (unpaired) electrons. The molecule has 1 amide bonds. The van der Waals surface area contributed by atoms with Crippen molar-refractivity contribution in [3.63, 3.8) is 0 Å². The third-order valence-corrected chi connectivity index (χ3v) is 2.28. The SMILES string of the molecule is CC(NC(C)C(=O)NCc1ccco1)C(=O)O. The zero-order valence-electron chi connectivity index (χ0n) is 9.77. The Kier molecular flexibility index (Phi) is 4.71. The zero-order chi connectivity index (χ0) is 12.8. The van der Waals surface area contributed by atoms with Crippen LogP contribution in [0.4, 0.5) is 0 Å². The highest BCUT2D eigenvalue weighted by Gasteiger charge is 2.18. The molecule has 0 spiro atoms. The van der Waals surface area contributed by atoms with Crippen molar-refractivity contribution in [1.82, 2.24) is 10.6 Å². The van der Waals surface area contributed by atoms with Gasteiger partial charge in [0.25, 0.3) is 0 Å². The molecule has 1 rings (SSSR count). The molecule has 1 aromatic heterocycles. The number of carbonyl (C=O) groups excluding carboxylic acids is 1. The molecule has 0 aliphatic rings. The van der Waals surface area contributed by atoms with Gasteiger partial charge in [0.2, 0.25) is 5.91 Å². The van der Waals surface area contributed by atoms with Crippen LogP contribution in [0.15, 0.2) is 22.8 Å². The van der Waals surface area contributed by atoms with Gasteiger partial charge in [-0.15, -0.1) is 0 Å². The summed E-state index contributed by atoms with van der Waals surface area (Å²) in [5, 5.41) is 14.0. The Morgan fingerprint density at radius 1 is 1.41 bits per heavy atom. The van der Waals surface area contributed by atoms with E-state index in [9.17, 15) is 9.59 Å². The van der Waals surface area contributed by atoms with Gasteiger partial charge in [0, 0.05) is 0 Å². The zero-order valence-corrected chi connectivity index (χ0v) is 9.77. The largest absolute Gasteiger partial charge is 0.480 e. The fraction of sp³-hybridized carbons (Fsp3) is 0.455. The van der Waals surface area contributed by atoms with Crippen molar-refractivity contribution in [2.24, 2.45) is 0 Å². The van der Waals surface area contributed by atoms with Crippen LogP contribution < -0.4 is 10.6 Å². The Morgan fingerprint density at radius 3 is 2.65 bits per heavy atom. The Labute approximate surface area is 99.0 Å². The lowest BCUT2D eigenvalue weighted by molar-refractivity contribution is -0.139. The van der Waals surface area contributed by atoms with Crippen LogP contribution in [0, 0.1) is 0 Å². The Hall–Kier alpha value is -1.82. The van der Waals surface area contributed by atoms with Crippen molar-refractivity contribution in [3.8, 4) is 0 Å². The van der Waals surface area contributed by atoms with Crippen LogP contribution in [0.5, 0.6) is 0 Å². The van der Waals surface area contributed by atoms with Gasteiger partial charge in [-0.3, -0.25) is 14.9 Å². The highest BCUT2D eigenvalue weighted by Crippen LogP contribution is 1.99. The second-order valence-corrected chi connectivity index (χ2v) is 3.75. The number of carboxylic acid groups (broad SMARTS) is 1. The fourth-order valence-corrected chi connectivity index (χ4v) is 1.26. The van der Waals surface area contributed by atoms with Crippen molar-refractivity contribution in [2.45, 2.75) is 32.5 Å². The highest BCUT2D eigenvalue weighted by atomic mass is 16.4. The van der Waals surface area contributed by atoms with E-state index < -0.39 is 18.1 Å². The van der Waals surface area contributed by atoms with Gasteiger partial charge >= 0.3 is 5.97 Å². The molecule has 3 N–H and O–H groups in total. The topological polar surface area (TPSA) is 91.6 Å². The summed E-state index contributed by atoms with van der Waals surface area (Å²) >= 11 is 0. The van der Waals surface area contributed by atoms with Gasteiger partial charge in [0.15, 0.2) is 0 Å². The van der Waals surface area contributed by atoms with Crippen LogP contribution in [0.2, 0.25) is 0 Å². The molecule has 0 aromatic carbocycles. The number of aliphatic carboxylic acids is 1. The van der Waals surface area contributed by atoms with Crippen LogP contribution >= 0.6 is 0 Å². The van der Waals surface area contributed by atoms with Crippen molar-refractivity contribution in [2.75, 3.05) is 0 Å². The third-order valence-electron chi connectivity index (χ3n) is 2.28. The van der Waals surface area contributed by atoms with E-state index in [0.717, 1.165) is 0 Å². The number of hydrogen-bond acceptors (Lipinski definition) is 4. The number of carbonyl (C=O) groups is 2. The number of nitrogens with one attached hydrogen (secondary N) is 2. The molecule has 0 bridgehead atoms. The fourth-order valence-electron chi connectivity index (χ4n) is 1.26. The molecule has 6 nitrogen and oxygen atoms in total. The van der Waals surface area contributed by atoms with Crippen LogP contribution in [-0.2, 0) is 16.1 Å². The maximum Gasteiger partial charge on any atom is 0.320 e. The second-order valence-electron chi connectivity index (χ2n) is 3.75. The van der Waals surface area contributed by atoms with E-state index in [1.54, 1.807) is 19.1 Å². The van der Waals surface area contributed by atoms with E-state index in [2.05, 4.69) is 10.6 Å². The monoisotopic (exact) mass is 240 g/mol. The van der Waals surface area contributed by atoms with Crippen LogP contribution in [0.1, 0.15) is 19.6 Å². The number of hydrogen-bond donors (Lipinski definition) is 3. The molecule has 1 heterocycles. The van der Waals surface area contributed by atoms with E-state index in [0.29, 0.717) is 12.3 Å². The minimum Gasteiger partial charge on any atom is -0.480 e. The smallest absolute Gasteiger partial charge is 0.320 e. The molecule has 1 aromatic rings. The standard InChI is InChI=1S/C11H16N2O4/c1-7(13-8(2)11(15)16)10(14)12-6-9-4-3-5-17-9/h3-5,7-8,13H,6H2,1-2H3,(H,12,14)(H,15,16). The number of amides is 1. The molecule has 17 heavy (non-hydrogen) atoms. The molecule has 0 aliphatic carbocycles. The molecule has 0 fully saturated rings. The second kappa shape index (κ2) is 6.05. The summed E-state index contributed by atoms with van der Waals surface area (Å²) in [7, 11) is 0. The van der Waals surface area contributed by atoms with Crippen LogP contribution in [-0.4, -0.2) is 29.1 Å². The van der Waals surface area contributed by atoms with E-state index in [1.807, 2.05) is 0 Å². The molecule has 6 heteroatoms. The van der Waals surface area contributed by atoms with Gasteiger partial charge in [-0.2, -0.15) is 0 Å². The predicted octanol–water partition coefficient (Wildman–Crippen LogP) is 0.347. The summed E-state index contributed by atoms with van der Waals surface area (Å²) in [5.74, 6) is -0.609. The van der Waals surface area contributed by atoms with E-state index in [4.69, 9.17) is 9.52 Å².